The van der Waals surface area contributed by atoms with E-state index in [9.17, 15) is 4.79 Å². The van der Waals surface area contributed by atoms with Gasteiger partial charge in [0.25, 0.3) is 0 Å². The van der Waals surface area contributed by atoms with Gasteiger partial charge in [-0.3, -0.25) is 10.1 Å². The first-order valence-corrected chi connectivity index (χ1v) is 8.55. The summed E-state index contributed by atoms with van der Waals surface area (Å²) in [6, 6.07) is 6.13. The molecule has 3 rings (SSSR count). The van der Waals surface area contributed by atoms with Gasteiger partial charge in [0.15, 0.2) is 6.29 Å². The molecule has 0 saturated carbocycles. The SMILES string of the molecule is COCCC1C(=O)NC(Nc2nc(C)c3cc(C)ccc3n2)NC1C. The molecule has 7 nitrogen and oxygen atoms in total. The molecule has 1 amide bonds. The van der Waals surface area contributed by atoms with Crippen LogP contribution in [0.15, 0.2) is 18.2 Å². The lowest BCUT2D eigenvalue weighted by atomic mass is 9.95. The number of hydrogen-bond donors (Lipinski definition) is 3. The molecule has 2 heterocycles. The second kappa shape index (κ2) is 7.33. The number of aromatic nitrogens is 2. The Morgan fingerprint density at radius 1 is 1.28 bits per heavy atom. The summed E-state index contributed by atoms with van der Waals surface area (Å²) >= 11 is 0. The zero-order valence-corrected chi connectivity index (χ0v) is 15.1. The van der Waals surface area contributed by atoms with E-state index >= 15 is 0 Å². The summed E-state index contributed by atoms with van der Waals surface area (Å²) in [5.74, 6) is 0.392. The number of carbonyl (C=O) groups excluding carboxylic acids is 1. The predicted octanol–water partition coefficient (Wildman–Crippen LogP) is 1.70. The number of benzene rings is 1. The van der Waals surface area contributed by atoms with Crippen LogP contribution >= 0.6 is 0 Å². The third-order valence-corrected chi connectivity index (χ3v) is 4.60. The molecule has 3 unspecified atom stereocenters. The summed E-state index contributed by atoms with van der Waals surface area (Å²) in [5, 5.41) is 10.5. The van der Waals surface area contributed by atoms with E-state index in [1.165, 1.54) is 5.56 Å². The second-order valence-corrected chi connectivity index (χ2v) is 6.58. The van der Waals surface area contributed by atoms with Crippen LogP contribution in [-0.2, 0) is 9.53 Å². The molecule has 25 heavy (non-hydrogen) atoms. The van der Waals surface area contributed by atoms with Crippen LogP contribution in [0.1, 0.15) is 24.6 Å². The number of fused-ring (bicyclic) bond motifs is 1. The molecule has 1 aliphatic rings. The van der Waals surface area contributed by atoms with Gasteiger partial charge >= 0.3 is 0 Å². The Balaban J connectivity index is 1.74. The number of rotatable bonds is 5. The smallest absolute Gasteiger partial charge is 0.227 e. The molecule has 2 aromatic rings. The number of aryl methyl sites for hydroxylation is 2. The van der Waals surface area contributed by atoms with Crippen LogP contribution in [-0.4, -0.2) is 41.9 Å². The van der Waals surface area contributed by atoms with Crippen molar-refractivity contribution in [3.63, 3.8) is 0 Å². The van der Waals surface area contributed by atoms with E-state index < -0.39 is 6.29 Å². The van der Waals surface area contributed by atoms with Crippen molar-refractivity contribution in [2.24, 2.45) is 5.92 Å². The average Bonchev–Trinajstić information content (AvgIpc) is 2.55. The molecule has 1 fully saturated rings. The maximum absolute atomic E-state index is 12.3. The van der Waals surface area contributed by atoms with Crippen LogP contribution in [0.5, 0.6) is 0 Å². The van der Waals surface area contributed by atoms with Crippen LogP contribution in [0, 0.1) is 19.8 Å². The van der Waals surface area contributed by atoms with E-state index in [-0.39, 0.29) is 17.9 Å². The van der Waals surface area contributed by atoms with Gasteiger partial charge in [0.1, 0.15) is 0 Å². The number of ether oxygens (including phenoxy) is 1. The molecule has 1 aromatic carbocycles. The van der Waals surface area contributed by atoms with E-state index in [0.717, 1.165) is 16.6 Å². The fraction of sp³-hybridized carbons (Fsp3) is 0.500. The van der Waals surface area contributed by atoms with Gasteiger partial charge in [0, 0.05) is 25.1 Å². The lowest BCUT2D eigenvalue weighted by Gasteiger charge is -2.35. The Kier molecular flexibility index (Phi) is 5.15. The number of anilines is 1. The highest BCUT2D eigenvalue weighted by atomic mass is 16.5. The van der Waals surface area contributed by atoms with Crippen molar-refractivity contribution >= 4 is 22.8 Å². The first kappa shape index (κ1) is 17.6. The highest BCUT2D eigenvalue weighted by Gasteiger charge is 2.33. The maximum Gasteiger partial charge on any atom is 0.227 e. The van der Waals surface area contributed by atoms with Crippen molar-refractivity contribution in [1.82, 2.24) is 20.6 Å². The fourth-order valence-electron chi connectivity index (χ4n) is 3.19. The number of hydrogen-bond acceptors (Lipinski definition) is 6. The van der Waals surface area contributed by atoms with Gasteiger partial charge in [-0.25, -0.2) is 9.97 Å². The van der Waals surface area contributed by atoms with Gasteiger partial charge < -0.3 is 15.4 Å². The van der Waals surface area contributed by atoms with Crippen molar-refractivity contribution in [2.45, 2.75) is 39.5 Å². The number of nitrogens with one attached hydrogen (secondary N) is 3. The maximum atomic E-state index is 12.3. The Hall–Kier alpha value is -2.25. The van der Waals surface area contributed by atoms with Gasteiger partial charge in [0.05, 0.1) is 17.1 Å². The normalized spacial score (nSPS) is 23.5. The minimum Gasteiger partial charge on any atom is -0.385 e. The summed E-state index contributed by atoms with van der Waals surface area (Å²) in [7, 11) is 1.64. The Bertz CT molecular complexity index is 779. The first-order chi connectivity index (χ1) is 12.0. The number of amides is 1. The topological polar surface area (TPSA) is 88.2 Å². The molecule has 3 N–H and O–H groups in total. The van der Waals surface area contributed by atoms with Crippen LogP contribution in [0.2, 0.25) is 0 Å². The summed E-state index contributed by atoms with van der Waals surface area (Å²) in [6.45, 7) is 6.58. The molecule has 1 aromatic heterocycles. The summed E-state index contributed by atoms with van der Waals surface area (Å²) in [5.41, 5.74) is 2.97. The van der Waals surface area contributed by atoms with E-state index in [2.05, 4.69) is 32.0 Å². The van der Waals surface area contributed by atoms with E-state index in [0.29, 0.717) is 19.0 Å². The number of methoxy groups -OCH3 is 1. The molecular formula is C18H25N5O2. The van der Waals surface area contributed by atoms with Crippen LogP contribution in [0.25, 0.3) is 10.9 Å². The molecular weight excluding hydrogens is 318 g/mol. The van der Waals surface area contributed by atoms with Gasteiger partial charge in [-0.1, -0.05) is 11.6 Å². The summed E-state index contributed by atoms with van der Waals surface area (Å²) in [6.07, 6.45) is 0.289. The molecule has 0 spiro atoms. The number of nitrogens with zero attached hydrogens (tertiary/aromatic N) is 2. The zero-order valence-electron chi connectivity index (χ0n) is 15.1. The lowest BCUT2D eigenvalue weighted by molar-refractivity contribution is -0.129. The molecule has 0 aliphatic carbocycles. The molecule has 7 heteroatoms. The zero-order chi connectivity index (χ0) is 18.0. The first-order valence-electron chi connectivity index (χ1n) is 8.55. The largest absolute Gasteiger partial charge is 0.385 e. The van der Waals surface area contributed by atoms with Crippen molar-refractivity contribution < 1.29 is 9.53 Å². The highest BCUT2D eigenvalue weighted by Crippen LogP contribution is 2.20. The third-order valence-electron chi connectivity index (χ3n) is 4.60. The molecule has 1 saturated heterocycles. The van der Waals surface area contributed by atoms with Gasteiger partial charge in [0.2, 0.25) is 11.9 Å². The monoisotopic (exact) mass is 343 g/mol. The van der Waals surface area contributed by atoms with Crippen LogP contribution in [0.4, 0.5) is 5.95 Å². The molecule has 1 aliphatic heterocycles. The van der Waals surface area contributed by atoms with Crippen molar-refractivity contribution in [3.8, 4) is 0 Å². The van der Waals surface area contributed by atoms with Crippen molar-refractivity contribution in [2.75, 3.05) is 19.0 Å². The lowest BCUT2D eigenvalue weighted by Crippen LogP contribution is -2.63. The number of carbonyl (C=O) groups is 1. The van der Waals surface area contributed by atoms with E-state index in [1.807, 2.05) is 32.9 Å². The van der Waals surface area contributed by atoms with Crippen LogP contribution in [0.3, 0.4) is 0 Å². The minimum absolute atomic E-state index is 0.00827. The van der Waals surface area contributed by atoms with E-state index in [4.69, 9.17) is 4.74 Å². The molecule has 134 valence electrons. The van der Waals surface area contributed by atoms with E-state index in [1.54, 1.807) is 7.11 Å². The Morgan fingerprint density at radius 2 is 2.08 bits per heavy atom. The molecule has 0 bridgehead atoms. The molecule has 3 atom stereocenters. The Labute approximate surface area is 147 Å². The Morgan fingerprint density at radius 3 is 2.80 bits per heavy atom. The summed E-state index contributed by atoms with van der Waals surface area (Å²) in [4.78, 5) is 21.4. The van der Waals surface area contributed by atoms with Gasteiger partial charge in [-0.15, -0.1) is 0 Å². The highest BCUT2D eigenvalue weighted by molar-refractivity contribution is 5.83. The van der Waals surface area contributed by atoms with Crippen molar-refractivity contribution in [1.29, 1.82) is 0 Å². The molecule has 0 radical (unpaired) electrons. The van der Waals surface area contributed by atoms with Gasteiger partial charge in [-0.05, 0) is 39.3 Å². The fourth-order valence-corrected chi connectivity index (χ4v) is 3.19. The van der Waals surface area contributed by atoms with Crippen LogP contribution < -0.4 is 16.0 Å². The standard InChI is InChI=1S/C18H25N5O2/c1-10-5-6-15-14(9-10)12(3)20-17(21-15)23-18-19-11(2)13(7-8-25-4)16(24)22-18/h5-6,9,11,13,18-19H,7-8H2,1-4H3,(H,22,24)(H,20,21,23). The minimum atomic E-state index is -0.399. The summed E-state index contributed by atoms with van der Waals surface area (Å²) < 4.78 is 5.08. The van der Waals surface area contributed by atoms with Gasteiger partial charge in [-0.2, -0.15) is 0 Å². The predicted molar refractivity (Wildman–Crippen MR) is 97.1 cm³/mol. The quantitative estimate of drug-likeness (QED) is 0.766. The third kappa shape index (κ3) is 3.88. The van der Waals surface area contributed by atoms with Crippen molar-refractivity contribution in [3.05, 3.63) is 29.5 Å². The second-order valence-electron chi connectivity index (χ2n) is 6.58. The average molecular weight is 343 g/mol.